The van der Waals surface area contributed by atoms with Crippen LogP contribution < -0.4 is 5.32 Å². The fourth-order valence-electron chi connectivity index (χ4n) is 4.77. The zero-order chi connectivity index (χ0) is 24.9. The molecule has 3 aliphatic rings. The van der Waals surface area contributed by atoms with Crippen LogP contribution in [0, 0.1) is 12.3 Å². The third kappa shape index (κ3) is 4.49. The van der Waals surface area contributed by atoms with Crippen molar-refractivity contribution >= 4 is 22.7 Å². The van der Waals surface area contributed by atoms with E-state index >= 15 is 0 Å². The quantitative estimate of drug-likeness (QED) is 0.628. The first-order chi connectivity index (χ1) is 15.9. The zero-order valence-corrected chi connectivity index (χ0v) is 20.4. The second-order valence-electron chi connectivity index (χ2n) is 9.76. The fraction of sp³-hybridized carbons (Fsp3) is 0.652. The molecule has 34 heavy (non-hydrogen) atoms. The van der Waals surface area contributed by atoms with Crippen molar-refractivity contribution in [2.75, 3.05) is 32.9 Å². The molecule has 2 fully saturated rings. The SMILES string of the molecule is Cc1cc(C(=O)N(C)C)ccc1CCS(=O)N1CCC2(CC1)NC(C1(C(F)(F)F)CC1)=NC2O. The second-order valence-corrected chi connectivity index (χ2v) is 11.3. The van der Waals surface area contributed by atoms with Crippen molar-refractivity contribution in [1.82, 2.24) is 14.5 Å². The van der Waals surface area contributed by atoms with E-state index in [1.807, 2.05) is 23.4 Å². The lowest BCUT2D eigenvalue weighted by Gasteiger charge is -2.40. The summed E-state index contributed by atoms with van der Waals surface area (Å²) in [6, 6.07) is 5.50. The minimum atomic E-state index is -4.39. The normalized spacial score (nSPS) is 24.4. The highest BCUT2D eigenvalue weighted by Crippen LogP contribution is 2.59. The number of piperidine rings is 1. The van der Waals surface area contributed by atoms with Gasteiger partial charge in [-0.25, -0.2) is 13.5 Å². The third-order valence-corrected chi connectivity index (χ3v) is 8.80. The molecule has 1 spiro atoms. The Morgan fingerprint density at radius 1 is 1.26 bits per heavy atom. The van der Waals surface area contributed by atoms with Crippen molar-refractivity contribution in [3.05, 3.63) is 34.9 Å². The van der Waals surface area contributed by atoms with Crippen molar-refractivity contribution in [2.24, 2.45) is 10.4 Å². The Labute approximate surface area is 200 Å². The number of hydrogen-bond acceptors (Lipinski definition) is 5. The molecule has 2 atom stereocenters. The molecule has 1 amide bonds. The lowest BCUT2D eigenvalue weighted by molar-refractivity contribution is -0.166. The van der Waals surface area contributed by atoms with Gasteiger partial charge in [0.15, 0.2) is 6.23 Å². The van der Waals surface area contributed by atoms with Gasteiger partial charge in [-0.05, 0) is 62.3 Å². The number of halogens is 3. The molecule has 1 saturated heterocycles. The van der Waals surface area contributed by atoms with Gasteiger partial charge in [0.1, 0.15) is 11.3 Å². The lowest BCUT2D eigenvalue weighted by Crippen LogP contribution is -2.59. The molecule has 7 nitrogen and oxygen atoms in total. The van der Waals surface area contributed by atoms with E-state index in [1.165, 1.54) is 4.90 Å². The number of carbonyl (C=O) groups excluding carboxylic acids is 1. The Balaban J connectivity index is 1.31. The van der Waals surface area contributed by atoms with E-state index < -0.39 is 34.3 Å². The maximum Gasteiger partial charge on any atom is 0.401 e. The number of nitrogens with zero attached hydrogens (tertiary/aromatic N) is 3. The van der Waals surface area contributed by atoms with Gasteiger partial charge in [-0.3, -0.25) is 4.79 Å². The van der Waals surface area contributed by atoms with E-state index in [-0.39, 0.29) is 24.6 Å². The number of amides is 1. The van der Waals surface area contributed by atoms with Crippen LogP contribution >= 0.6 is 0 Å². The van der Waals surface area contributed by atoms with Crippen LogP contribution in [0.5, 0.6) is 0 Å². The number of aliphatic hydroxyl groups is 1. The Morgan fingerprint density at radius 2 is 1.91 bits per heavy atom. The molecule has 2 unspecified atom stereocenters. The van der Waals surface area contributed by atoms with E-state index in [2.05, 4.69) is 10.3 Å². The summed E-state index contributed by atoms with van der Waals surface area (Å²) in [5.74, 6) is 0.191. The molecule has 0 radical (unpaired) electrons. The third-order valence-electron chi connectivity index (χ3n) is 7.30. The number of aliphatic hydroxyl groups excluding tert-OH is 1. The van der Waals surface area contributed by atoms with Crippen molar-refractivity contribution in [1.29, 1.82) is 0 Å². The first-order valence-corrected chi connectivity index (χ1v) is 12.7. The van der Waals surface area contributed by atoms with Crippen LogP contribution in [0.25, 0.3) is 0 Å². The van der Waals surface area contributed by atoms with Gasteiger partial charge in [-0.1, -0.05) is 6.07 Å². The molecule has 1 aromatic rings. The van der Waals surface area contributed by atoms with Crippen LogP contribution in [0.2, 0.25) is 0 Å². The van der Waals surface area contributed by atoms with Crippen LogP contribution in [0.1, 0.15) is 47.2 Å². The van der Waals surface area contributed by atoms with Crippen LogP contribution in [0.15, 0.2) is 23.2 Å². The Bertz CT molecular complexity index is 1020. The molecular weight excluding hydrogens is 469 g/mol. The number of alkyl halides is 3. The van der Waals surface area contributed by atoms with Gasteiger partial charge in [0.05, 0.1) is 16.5 Å². The molecule has 0 bridgehead atoms. The van der Waals surface area contributed by atoms with Gasteiger partial charge in [0.2, 0.25) is 0 Å². The Hall–Kier alpha value is -1.98. The predicted molar refractivity (Wildman–Crippen MR) is 124 cm³/mol. The largest absolute Gasteiger partial charge is 0.401 e. The van der Waals surface area contributed by atoms with Gasteiger partial charge in [-0.15, -0.1) is 0 Å². The summed E-state index contributed by atoms with van der Waals surface area (Å²) in [4.78, 5) is 17.6. The summed E-state index contributed by atoms with van der Waals surface area (Å²) < 4.78 is 55.2. The minimum Gasteiger partial charge on any atom is -0.370 e. The van der Waals surface area contributed by atoms with Gasteiger partial charge in [0.25, 0.3) is 5.91 Å². The second kappa shape index (κ2) is 8.91. The summed E-state index contributed by atoms with van der Waals surface area (Å²) in [5.41, 5.74) is -0.283. The number of aryl methyl sites for hydroxylation is 2. The molecule has 188 valence electrons. The fourth-order valence-corrected chi connectivity index (χ4v) is 6.01. The average molecular weight is 501 g/mol. The van der Waals surface area contributed by atoms with Gasteiger partial charge in [-0.2, -0.15) is 13.2 Å². The molecule has 0 aromatic heterocycles. The van der Waals surface area contributed by atoms with Crippen molar-refractivity contribution in [3.8, 4) is 0 Å². The molecule has 2 N–H and O–H groups in total. The molecule has 1 aliphatic carbocycles. The summed E-state index contributed by atoms with van der Waals surface area (Å²) in [7, 11) is 2.14. The molecule has 2 heterocycles. The highest BCUT2D eigenvalue weighted by atomic mass is 32.2. The van der Waals surface area contributed by atoms with Crippen LogP contribution in [-0.4, -0.2) is 81.1 Å². The molecule has 2 aliphatic heterocycles. The van der Waals surface area contributed by atoms with E-state index in [4.69, 9.17) is 0 Å². The van der Waals surface area contributed by atoms with Crippen LogP contribution in [0.4, 0.5) is 13.2 Å². The van der Waals surface area contributed by atoms with E-state index in [0.29, 0.717) is 43.7 Å². The van der Waals surface area contributed by atoms with Crippen molar-refractivity contribution < 1.29 is 27.3 Å². The number of hydrogen-bond donors (Lipinski definition) is 2. The summed E-state index contributed by atoms with van der Waals surface area (Å²) in [6.45, 7) is 2.72. The molecule has 1 aromatic carbocycles. The monoisotopic (exact) mass is 500 g/mol. The number of rotatable bonds is 6. The Morgan fingerprint density at radius 3 is 2.44 bits per heavy atom. The number of aliphatic imine (C=N–C) groups is 1. The van der Waals surface area contributed by atoms with Gasteiger partial charge >= 0.3 is 6.18 Å². The molecule has 11 heteroatoms. The molecule has 4 rings (SSSR count). The average Bonchev–Trinajstić information content (AvgIpc) is 3.54. The van der Waals surface area contributed by atoms with Crippen molar-refractivity contribution in [2.45, 2.75) is 57.0 Å². The Kier molecular flexibility index (Phi) is 6.58. The highest BCUT2D eigenvalue weighted by Gasteiger charge is 2.69. The minimum absolute atomic E-state index is 0.00895. The molecular formula is C23H31F3N4O3S. The maximum atomic E-state index is 13.5. The van der Waals surface area contributed by atoms with Crippen molar-refractivity contribution in [3.63, 3.8) is 0 Å². The summed E-state index contributed by atoms with van der Waals surface area (Å²) in [6.07, 6.45) is -4.33. The number of benzene rings is 1. The van der Waals surface area contributed by atoms with E-state index in [9.17, 15) is 27.3 Å². The first-order valence-electron chi connectivity index (χ1n) is 11.4. The standard InChI is InChI=1S/C23H31F3N4O3S/c1-15-14-17(18(31)29(2)3)5-4-16(15)6-13-34(33)30-11-9-22(10-12-30)20(32)27-19(28-22)21(7-8-21)23(24,25)26/h4-5,14,20,32H,6-13H2,1-3H3,(H,27,28). The number of amidine groups is 1. The van der Waals surface area contributed by atoms with Crippen LogP contribution in [-0.2, 0) is 17.4 Å². The summed E-state index contributed by atoms with van der Waals surface area (Å²) in [5, 5.41) is 13.4. The van der Waals surface area contributed by atoms with Crippen LogP contribution in [0.3, 0.4) is 0 Å². The number of carbonyl (C=O) groups is 1. The zero-order valence-electron chi connectivity index (χ0n) is 19.6. The molecule has 1 saturated carbocycles. The van der Waals surface area contributed by atoms with E-state index in [0.717, 1.165) is 11.1 Å². The smallest absolute Gasteiger partial charge is 0.370 e. The maximum absolute atomic E-state index is 13.5. The highest BCUT2D eigenvalue weighted by molar-refractivity contribution is 7.82. The topological polar surface area (TPSA) is 85.2 Å². The predicted octanol–water partition coefficient (Wildman–Crippen LogP) is 2.40. The first kappa shape index (κ1) is 25.1. The van der Waals surface area contributed by atoms with Gasteiger partial charge < -0.3 is 15.3 Å². The van der Waals surface area contributed by atoms with E-state index in [1.54, 1.807) is 20.2 Å². The lowest BCUT2D eigenvalue weighted by atomic mass is 9.87. The van der Waals surface area contributed by atoms with Gasteiger partial charge in [0, 0.05) is 38.5 Å². The number of nitrogens with one attached hydrogen (secondary N) is 1. The summed E-state index contributed by atoms with van der Waals surface area (Å²) >= 11 is 0.